The van der Waals surface area contributed by atoms with Crippen molar-refractivity contribution in [3.63, 3.8) is 0 Å². The first-order chi connectivity index (χ1) is 8.13. The van der Waals surface area contributed by atoms with Gasteiger partial charge in [-0.25, -0.2) is 0 Å². The molecule has 5 nitrogen and oxygen atoms in total. The summed E-state index contributed by atoms with van der Waals surface area (Å²) in [6.07, 6.45) is 0. The zero-order valence-electron chi connectivity index (χ0n) is 11.6. The number of nitrogens with one attached hydrogen (secondary N) is 2. The number of Topliss-reactive ketones (excluding diaryl/α,β-unsaturated/α-hetero) is 1. The summed E-state index contributed by atoms with van der Waals surface area (Å²) in [5.41, 5.74) is 7.77. The monoisotopic (exact) mass is 251 g/mol. The number of aryl methyl sites for hydroxylation is 1. The van der Waals surface area contributed by atoms with Crippen molar-refractivity contribution in [3.8, 4) is 0 Å². The van der Waals surface area contributed by atoms with Crippen LogP contribution in [0.3, 0.4) is 0 Å². The molecule has 4 N–H and O–H groups in total. The van der Waals surface area contributed by atoms with Crippen LogP contribution < -0.4 is 11.1 Å². The Labute approximate surface area is 107 Å². The van der Waals surface area contributed by atoms with Crippen LogP contribution in [-0.2, 0) is 0 Å². The molecule has 1 rings (SSSR count). The molecule has 0 radical (unpaired) electrons. The van der Waals surface area contributed by atoms with Gasteiger partial charge in [0.15, 0.2) is 5.78 Å². The van der Waals surface area contributed by atoms with Crippen molar-refractivity contribution in [2.75, 3.05) is 6.54 Å². The Morgan fingerprint density at radius 3 is 2.28 bits per heavy atom. The molecule has 0 saturated heterocycles. The SMILES string of the molecule is CC(=O)c1c(C)[nH]c(C(=O)NCC(C)(C)N)c1C. The number of hydrogen-bond donors (Lipinski definition) is 3. The van der Waals surface area contributed by atoms with E-state index in [4.69, 9.17) is 5.73 Å². The van der Waals surface area contributed by atoms with E-state index < -0.39 is 5.54 Å². The molecule has 0 aliphatic heterocycles. The zero-order chi connectivity index (χ0) is 14.1. The number of H-pyrrole nitrogens is 1. The van der Waals surface area contributed by atoms with E-state index in [1.807, 2.05) is 13.8 Å². The van der Waals surface area contributed by atoms with Gasteiger partial charge in [0, 0.05) is 23.3 Å². The van der Waals surface area contributed by atoms with Gasteiger partial charge in [-0.15, -0.1) is 0 Å². The van der Waals surface area contributed by atoms with Crippen LogP contribution in [0.2, 0.25) is 0 Å². The third-order valence-electron chi connectivity index (χ3n) is 2.72. The molecular weight excluding hydrogens is 230 g/mol. The highest BCUT2D eigenvalue weighted by atomic mass is 16.2. The number of carbonyl (C=O) groups excluding carboxylic acids is 2. The smallest absolute Gasteiger partial charge is 0.268 e. The number of ketones is 1. The van der Waals surface area contributed by atoms with Crippen molar-refractivity contribution in [2.24, 2.45) is 5.73 Å². The first-order valence-electron chi connectivity index (χ1n) is 5.90. The molecule has 0 spiro atoms. The van der Waals surface area contributed by atoms with Gasteiger partial charge in [0.05, 0.1) is 0 Å². The first kappa shape index (κ1) is 14.4. The summed E-state index contributed by atoms with van der Waals surface area (Å²) < 4.78 is 0. The molecule has 0 fully saturated rings. The predicted octanol–water partition coefficient (Wildman–Crippen LogP) is 1.30. The summed E-state index contributed by atoms with van der Waals surface area (Å²) in [4.78, 5) is 26.4. The molecule has 5 heteroatoms. The lowest BCUT2D eigenvalue weighted by molar-refractivity contribution is 0.0940. The average Bonchev–Trinajstić information content (AvgIpc) is 2.49. The zero-order valence-corrected chi connectivity index (χ0v) is 11.6. The van der Waals surface area contributed by atoms with Gasteiger partial charge < -0.3 is 16.0 Å². The molecule has 1 amide bonds. The minimum Gasteiger partial charge on any atom is -0.354 e. The van der Waals surface area contributed by atoms with Crippen LogP contribution in [0.4, 0.5) is 0 Å². The summed E-state index contributed by atoms with van der Waals surface area (Å²) in [5.74, 6) is -0.277. The maximum atomic E-state index is 12.0. The van der Waals surface area contributed by atoms with E-state index in [-0.39, 0.29) is 11.7 Å². The summed E-state index contributed by atoms with van der Waals surface area (Å²) in [6.45, 7) is 9.09. The Kier molecular flexibility index (Phi) is 3.96. The summed E-state index contributed by atoms with van der Waals surface area (Å²) >= 11 is 0. The van der Waals surface area contributed by atoms with Crippen LogP contribution in [0.25, 0.3) is 0 Å². The van der Waals surface area contributed by atoms with E-state index in [2.05, 4.69) is 10.3 Å². The number of amides is 1. The molecule has 18 heavy (non-hydrogen) atoms. The van der Waals surface area contributed by atoms with E-state index in [0.29, 0.717) is 23.4 Å². The van der Waals surface area contributed by atoms with Crippen molar-refractivity contribution < 1.29 is 9.59 Å². The fraction of sp³-hybridized carbons (Fsp3) is 0.538. The fourth-order valence-electron chi connectivity index (χ4n) is 1.90. The Hall–Kier alpha value is -1.62. The lowest BCUT2D eigenvalue weighted by Crippen LogP contribution is -2.45. The molecule has 1 aromatic heterocycles. The van der Waals surface area contributed by atoms with Gasteiger partial charge in [0.1, 0.15) is 5.69 Å². The van der Waals surface area contributed by atoms with E-state index in [0.717, 1.165) is 5.69 Å². The van der Waals surface area contributed by atoms with Crippen molar-refractivity contribution in [1.29, 1.82) is 0 Å². The van der Waals surface area contributed by atoms with E-state index >= 15 is 0 Å². The molecule has 0 bridgehead atoms. The fourth-order valence-corrected chi connectivity index (χ4v) is 1.90. The Morgan fingerprint density at radius 1 is 1.33 bits per heavy atom. The van der Waals surface area contributed by atoms with Crippen LogP contribution in [0.5, 0.6) is 0 Å². The summed E-state index contributed by atoms with van der Waals surface area (Å²) in [6, 6.07) is 0. The second-order valence-electron chi connectivity index (χ2n) is 5.35. The Morgan fingerprint density at radius 2 is 1.89 bits per heavy atom. The largest absolute Gasteiger partial charge is 0.354 e. The lowest BCUT2D eigenvalue weighted by atomic mass is 10.1. The van der Waals surface area contributed by atoms with Crippen LogP contribution >= 0.6 is 0 Å². The van der Waals surface area contributed by atoms with E-state index in [1.165, 1.54) is 6.92 Å². The molecule has 0 aromatic carbocycles. The summed E-state index contributed by atoms with van der Waals surface area (Å²) in [7, 11) is 0. The van der Waals surface area contributed by atoms with Gasteiger partial charge >= 0.3 is 0 Å². The van der Waals surface area contributed by atoms with Crippen LogP contribution in [0.15, 0.2) is 0 Å². The summed E-state index contributed by atoms with van der Waals surface area (Å²) in [5, 5.41) is 2.75. The number of carbonyl (C=O) groups is 2. The second kappa shape index (κ2) is 4.94. The Bertz CT molecular complexity index is 481. The van der Waals surface area contributed by atoms with Crippen molar-refractivity contribution in [2.45, 2.75) is 40.2 Å². The van der Waals surface area contributed by atoms with Gasteiger partial charge in [0.25, 0.3) is 5.91 Å². The minimum atomic E-state index is -0.464. The molecule has 1 aromatic rings. The van der Waals surface area contributed by atoms with Crippen molar-refractivity contribution in [1.82, 2.24) is 10.3 Å². The molecular formula is C13H21N3O2. The number of aromatic amines is 1. The van der Waals surface area contributed by atoms with Crippen molar-refractivity contribution >= 4 is 11.7 Å². The molecule has 0 atom stereocenters. The highest BCUT2D eigenvalue weighted by Crippen LogP contribution is 2.18. The predicted molar refractivity (Wildman–Crippen MR) is 70.9 cm³/mol. The van der Waals surface area contributed by atoms with Crippen molar-refractivity contribution in [3.05, 3.63) is 22.5 Å². The third-order valence-corrected chi connectivity index (χ3v) is 2.72. The number of hydrogen-bond acceptors (Lipinski definition) is 3. The number of rotatable bonds is 4. The van der Waals surface area contributed by atoms with Gasteiger partial charge in [-0.1, -0.05) is 0 Å². The molecule has 0 unspecified atom stereocenters. The number of nitrogens with two attached hydrogens (primary N) is 1. The molecule has 1 heterocycles. The highest BCUT2D eigenvalue weighted by Gasteiger charge is 2.20. The second-order valence-corrected chi connectivity index (χ2v) is 5.35. The average molecular weight is 251 g/mol. The maximum absolute atomic E-state index is 12.0. The molecule has 100 valence electrons. The van der Waals surface area contributed by atoms with E-state index in [9.17, 15) is 9.59 Å². The molecule has 0 aliphatic rings. The topological polar surface area (TPSA) is 88.0 Å². The normalized spacial score (nSPS) is 11.4. The van der Waals surface area contributed by atoms with Crippen LogP contribution in [0, 0.1) is 13.8 Å². The quantitative estimate of drug-likeness (QED) is 0.705. The Balaban J connectivity index is 2.94. The van der Waals surface area contributed by atoms with Crippen LogP contribution in [0.1, 0.15) is 52.9 Å². The molecule has 0 aliphatic carbocycles. The highest BCUT2D eigenvalue weighted by molar-refractivity contribution is 6.02. The third kappa shape index (κ3) is 3.20. The van der Waals surface area contributed by atoms with Gasteiger partial charge in [-0.2, -0.15) is 0 Å². The molecule has 0 saturated carbocycles. The van der Waals surface area contributed by atoms with Gasteiger partial charge in [-0.3, -0.25) is 9.59 Å². The van der Waals surface area contributed by atoms with Gasteiger partial charge in [0.2, 0.25) is 0 Å². The maximum Gasteiger partial charge on any atom is 0.268 e. The first-order valence-corrected chi connectivity index (χ1v) is 5.90. The van der Waals surface area contributed by atoms with Crippen LogP contribution in [-0.4, -0.2) is 28.8 Å². The van der Waals surface area contributed by atoms with E-state index in [1.54, 1.807) is 13.8 Å². The minimum absolute atomic E-state index is 0.0422. The lowest BCUT2D eigenvalue weighted by Gasteiger charge is -2.18. The van der Waals surface area contributed by atoms with Gasteiger partial charge in [-0.05, 0) is 40.2 Å². The standard InChI is InChI=1S/C13H21N3O2/c1-7-10(9(3)17)8(2)16-11(7)12(18)15-6-13(4,5)14/h16H,6,14H2,1-5H3,(H,15,18). The number of aromatic nitrogens is 1.